The second-order valence-electron chi connectivity index (χ2n) is 9.14. The van der Waals surface area contributed by atoms with Crippen LogP contribution in [0.3, 0.4) is 0 Å². The molecule has 0 saturated carbocycles. The summed E-state index contributed by atoms with van der Waals surface area (Å²) in [4.78, 5) is 36.1. The SMILES string of the molecule is Cc1ccc(-c2cc(C(F)F)nc3sc(C(N)=O)c(NC(=O)c4cnn5c(C(F)F)cc(-c6ccccc6)nc45)c23)s1. The lowest BCUT2D eigenvalue weighted by Crippen LogP contribution is -2.17. The summed E-state index contributed by atoms with van der Waals surface area (Å²) in [6.45, 7) is 1.85. The molecule has 0 spiro atoms. The molecular formula is C28H18F4N6O2S2. The summed E-state index contributed by atoms with van der Waals surface area (Å²) in [6.07, 6.45) is -4.73. The molecule has 0 aliphatic rings. The quantitative estimate of drug-likeness (QED) is 0.185. The third-order valence-corrected chi connectivity index (χ3v) is 8.54. The van der Waals surface area contributed by atoms with Crippen LogP contribution in [0, 0.1) is 6.92 Å². The van der Waals surface area contributed by atoms with Gasteiger partial charge in [0.1, 0.15) is 26.7 Å². The predicted molar refractivity (Wildman–Crippen MR) is 152 cm³/mol. The van der Waals surface area contributed by atoms with Gasteiger partial charge in [-0.2, -0.15) is 5.10 Å². The minimum atomic E-state index is -2.93. The largest absolute Gasteiger partial charge is 0.365 e. The lowest BCUT2D eigenvalue weighted by molar-refractivity contribution is 0.100. The predicted octanol–water partition coefficient (Wildman–Crippen LogP) is 7.27. The Morgan fingerprint density at radius 3 is 2.38 bits per heavy atom. The van der Waals surface area contributed by atoms with Gasteiger partial charge in [-0.25, -0.2) is 32.0 Å². The number of carbonyl (C=O) groups is 2. The van der Waals surface area contributed by atoms with Gasteiger partial charge in [0, 0.05) is 26.3 Å². The number of pyridine rings is 1. The molecule has 42 heavy (non-hydrogen) atoms. The number of thiophene rings is 2. The van der Waals surface area contributed by atoms with E-state index in [9.17, 15) is 27.2 Å². The van der Waals surface area contributed by atoms with E-state index in [1.165, 1.54) is 23.5 Å². The van der Waals surface area contributed by atoms with Crippen molar-refractivity contribution < 1.29 is 27.2 Å². The van der Waals surface area contributed by atoms with Crippen LogP contribution in [0.2, 0.25) is 0 Å². The molecule has 1 aromatic carbocycles. The Morgan fingerprint density at radius 1 is 0.976 bits per heavy atom. The number of carbonyl (C=O) groups excluding carboxylic acids is 2. The van der Waals surface area contributed by atoms with Gasteiger partial charge in [0.15, 0.2) is 5.65 Å². The second-order valence-corrected chi connectivity index (χ2v) is 11.4. The maximum Gasteiger partial charge on any atom is 0.280 e. The van der Waals surface area contributed by atoms with Crippen LogP contribution >= 0.6 is 22.7 Å². The number of alkyl halides is 4. The van der Waals surface area contributed by atoms with Crippen LogP contribution < -0.4 is 11.1 Å². The van der Waals surface area contributed by atoms with Gasteiger partial charge >= 0.3 is 0 Å². The van der Waals surface area contributed by atoms with Crippen molar-refractivity contribution in [3.63, 3.8) is 0 Å². The molecule has 5 heterocycles. The Labute approximate surface area is 242 Å². The Balaban J connectivity index is 1.53. The maximum absolute atomic E-state index is 14.0. The van der Waals surface area contributed by atoms with Crippen LogP contribution in [0.25, 0.3) is 37.6 Å². The first-order chi connectivity index (χ1) is 20.1. The number of rotatable bonds is 7. The van der Waals surface area contributed by atoms with Crippen LogP contribution in [0.1, 0.15) is 49.1 Å². The van der Waals surface area contributed by atoms with Crippen molar-refractivity contribution >= 4 is 56.0 Å². The van der Waals surface area contributed by atoms with E-state index in [0.29, 0.717) is 16.0 Å². The first-order valence-corrected chi connectivity index (χ1v) is 13.9. The number of hydrogen-bond donors (Lipinski definition) is 2. The number of nitrogens with two attached hydrogens (primary N) is 1. The van der Waals surface area contributed by atoms with Crippen LogP contribution in [-0.2, 0) is 0 Å². The Bertz CT molecular complexity index is 2000. The normalized spacial score (nSPS) is 11.7. The van der Waals surface area contributed by atoms with Crippen molar-refractivity contribution in [1.82, 2.24) is 19.6 Å². The molecule has 212 valence electrons. The van der Waals surface area contributed by atoms with Gasteiger partial charge in [0.25, 0.3) is 24.7 Å². The number of primary amides is 1. The number of halogens is 4. The molecule has 0 aliphatic carbocycles. The van der Waals surface area contributed by atoms with E-state index < -0.39 is 36.1 Å². The summed E-state index contributed by atoms with van der Waals surface area (Å²) in [5, 5.41) is 6.87. The Morgan fingerprint density at radius 2 is 1.74 bits per heavy atom. The molecule has 3 N–H and O–H groups in total. The lowest BCUT2D eigenvalue weighted by Gasteiger charge is -2.10. The van der Waals surface area contributed by atoms with Gasteiger partial charge in [-0.3, -0.25) is 9.59 Å². The zero-order valence-electron chi connectivity index (χ0n) is 21.4. The fraction of sp³-hybridized carbons (Fsp3) is 0.107. The molecule has 0 aliphatic heterocycles. The van der Waals surface area contributed by atoms with Crippen molar-refractivity contribution in [2.24, 2.45) is 5.73 Å². The number of aromatic nitrogens is 4. The fourth-order valence-corrected chi connectivity index (χ4v) is 6.44. The monoisotopic (exact) mass is 610 g/mol. The van der Waals surface area contributed by atoms with Gasteiger partial charge in [0.2, 0.25) is 0 Å². The summed E-state index contributed by atoms with van der Waals surface area (Å²) in [6, 6.07) is 14.5. The molecule has 0 atom stereocenters. The zero-order valence-corrected chi connectivity index (χ0v) is 23.1. The maximum atomic E-state index is 14.0. The van der Waals surface area contributed by atoms with Gasteiger partial charge in [-0.15, -0.1) is 22.7 Å². The molecule has 0 saturated heterocycles. The van der Waals surface area contributed by atoms with Crippen LogP contribution in [-0.4, -0.2) is 31.4 Å². The Hall–Kier alpha value is -4.69. The molecule has 6 aromatic rings. The van der Waals surface area contributed by atoms with Gasteiger partial charge in [-0.05, 0) is 31.2 Å². The molecule has 0 unspecified atom stereocenters. The van der Waals surface area contributed by atoms with E-state index in [1.54, 1.807) is 36.4 Å². The van der Waals surface area contributed by atoms with E-state index >= 15 is 0 Å². The van der Waals surface area contributed by atoms with Crippen molar-refractivity contribution in [2.75, 3.05) is 5.32 Å². The number of anilines is 1. The standard InChI is InChI=1S/C28H18F4N6O2S2/c1-12-7-8-19(41-12)14-9-17(23(29)30)36-28-20(14)21(22(42-28)25(33)39)37-27(40)15-11-34-38-18(24(31)32)10-16(35-26(15)38)13-5-3-2-4-6-13/h2-11,23-24H,1H3,(H2,33,39)(H,37,40). The molecule has 6 rings (SSSR count). The molecule has 0 bridgehead atoms. The highest BCUT2D eigenvalue weighted by Gasteiger charge is 2.27. The summed E-state index contributed by atoms with van der Waals surface area (Å²) >= 11 is 2.10. The minimum absolute atomic E-state index is 0.0329. The first kappa shape index (κ1) is 27.5. The lowest BCUT2D eigenvalue weighted by atomic mass is 10.1. The number of nitrogens with one attached hydrogen (secondary N) is 1. The fourth-order valence-electron chi connectivity index (χ4n) is 4.53. The molecule has 5 aromatic heterocycles. The smallest absolute Gasteiger partial charge is 0.280 e. The molecule has 0 radical (unpaired) electrons. The number of fused-ring (bicyclic) bond motifs is 2. The van der Waals surface area contributed by atoms with Gasteiger partial charge < -0.3 is 11.1 Å². The number of amides is 2. The molecule has 0 fully saturated rings. The number of nitrogens with zero attached hydrogens (tertiary/aromatic N) is 4. The molecule has 8 nitrogen and oxygen atoms in total. The van der Waals surface area contributed by atoms with E-state index in [1.807, 2.05) is 13.0 Å². The zero-order chi connectivity index (χ0) is 29.7. The highest BCUT2D eigenvalue weighted by molar-refractivity contribution is 7.21. The van der Waals surface area contributed by atoms with E-state index in [-0.39, 0.29) is 37.7 Å². The van der Waals surface area contributed by atoms with Crippen LogP contribution in [0.4, 0.5) is 23.2 Å². The number of aryl methyl sites for hydroxylation is 1. The molecule has 14 heteroatoms. The first-order valence-electron chi connectivity index (χ1n) is 12.3. The van der Waals surface area contributed by atoms with Crippen LogP contribution in [0.15, 0.2) is 60.8 Å². The van der Waals surface area contributed by atoms with E-state index in [2.05, 4.69) is 20.4 Å². The number of hydrogen-bond acceptors (Lipinski definition) is 7. The average Bonchev–Trinajstić information content (AvgIpc) is 3.69. The minimum Gasteiger partial charge on any atom is -0.365 e. The second kappa shape index (κ2) is 10.6. The molecule has 2 amide bonds. The third kappa shape index (κ3) is 4.77. The summed E-state index contributed by atoms with van der Waals surface area (Å²) in [5.74, 6) is -1.74. The van der Waals surface area contributed by atoms with Crippen molar-refractivity contribution in [2.45, 2.75) is 19.8 Å². The van der Waals surface area contributed by atoms with Gasteiger partial charge in [-0.1, -0.05) is 30.3 Å². The summed E-state index contributed by atoms with van der Waals surface area (Å²) in [5.41, 5.74) is 5.39. The Kier molecular flexibility index (Phi) is 6.94. The highest BCUT2D eigenvalue weighted by atomic mass is 32.1. The van der Waals surface area contributed by atoms with E-state index in [0.717, 1.165) is 26.9 Å². The summed E-state index contributed by atoms with van der Waals surface area (Å²) in [7, 11) is 0. The third-order valence-electron chi connectivity index (χ3n) is 6.41. The van der Waals surface area contributed by atoms with Crippen molar-refractivity contribution in [3.8, 4) is 21.7 Å². The topological polar surface area (TPSA) is 115 Å². The number of benzene rings is 1. The summed E-state index contributed by atoms with van der Waals surface area (Å²) < 4.78 is 56.5. The van der Waals surface area contributed by atoms with E-state index in [4.69, 9.17) is 5.73 Å². The molecular weight excluding hydrogens is 592 g/mol. The van der Waals surface area contributed by atoms with Crippen molar-refractivity contribution in [3.05, 3.63) is 87.5 Å². The highest BCUT2D eigenvalue weighted by Crippen LogP contribution is 2.44. The average molecular weight is 611 g/mol. The van der Waals surface area contributed by atoms with Gasteiger partial charge in [0.05, 0.1) is 17.6 Å². The van der Waals surface area contributed by atoms with Crippen molar-refractivity contribution in [1.29, 1.82) is 0 Å². The van der Waals surface area contributed by atoms with Crippen LogP contribution in [0.5, 0.6) is 0 Å².